The minimum atomic E-state index is -0.225. The fourth-order valence-corrected chi connectivity index (χ4v) is 2.16. The molecule has 5 heteroatoms. The van der Waals surface area contributed by atoms with Gasteiger partial charge in [-0.1, -0.05) is 44.5 Å². The van der Waals surface area contributed by atoms with Crippen LogP contribution >= 0.6 is 11.6 Å². The van der Waals surface area contributed by atoms with Crippen molar-refractivity contribution in [3.05, 3.63) is 58.6 Å². The van der Waals surface area contributed by atoms with E-state index in [4.69, 9.17) is 17.0 Å². The van der Waals surface area contributed by atoms with Crippen LogP contribution in [0.5, 0.6) is 0 Å². The number of imidazole rings is 1. The predicted molar refractivity (Wildman–Crippen MR) is 89.7 cm³/mol. The molecule has 0 aliphatic rings. The number of hydrogen-bond acceptors (Lipinski definition) is 3. The van der Waals surface area contributed by atoms with Gasteiger partial charge >= 0.3 is 0 Å². The van der Waals surface area contributed by atoms with Crippen molar-refractivity contribution in [2.75, 3.05) is 0 Å². The molecule has 0 fully saturated rings. The first kappa shape index (κ1) is 16.2. The summed E-state index contributed by atoms with van der Waals surface area (Å²) in [6.45, 7) is 6.12. The molecule has 114 valence electrons. The number of carbonyl (C=O) groups is 1. The van der Waals surface area contributed by atoms with Gasteiger partial charge in [0.1, 0.15) is 5.82 Å². The Bertz CT molecular complexity index is 721. The van der Waals surface area contributed by atoms with Gasteiger partial charge in [0.2, 0.25) is 0 Å². The van der Waals surface area contributed by atoms with Crippen LogP contribution in [0.3, 0.4) is 0 Å². The van der Waals surface area contributed by atoms with Crippen molar-refractivity contribution in [3.63, 3.8) is 0 Å². The Balaban J connectivity index is 2.42. The molecule has 0 saturated heterocycles. The van der Waals surface area contributed by atoms with E-state index in [-0.39, 0.29) is 5.41 Å². The molecule has 2 rings (SSSR count). The summed E-state index contributed by atoms with van der Waals surface area (Å²) in [5, 5.41) is 8.92. The lowest BCUT2D eigenvalue weighted by atomic mass is 9.84. The Morgan fingerprint density at radius 2 is 1.91 bits per heavy atom. The summed E-state index contributed by atoms with van der Waals surface area (Å²) in [6, 6.07) is 7.13. The summed E-state index contributed by atoms with van der Waals surface area (Å²) in [6.07, 6.45) is 3.99. The topological polar surface area (TPSA) is 69.6 Å². The minimum absolute atomic E-state index is 0.225. The lowest BCUT2D eigenvalue weighted by molar-refractivity contribution is 0.111. The van der Waals surface area contributed by atoms with Gasteiger partial charge in [-0.2, -0.15) is 0 Å². The number of benzene rings is 1. The first-order valence-electron chi connectivity index (χ1n) is 6.88. The fourth-order valence-electron chi connectivity index (χ4n) is 2.03. The number of aromatic amines is 1. The number of carbonyl (C=O) groups excluding carboxylic acids is 1. The molecule has 0 unspecified atom stereocenters. The van der Waals surface area contributed by atoms with Gasteiger partial charge in [-0.3, -0.25) is 4.79 Å². The quantitative estimate of drug-likeness (QED) is 0.649. The van der Waals surface area contributed by atoms with Gasteiger partial charge in [-0.25, -0.2) is 4.98 Å². The first-order chi connectivity index (χ1) is 10.3. The highest BCUT2D eigenvalue weighted by Gasteiger charge is 2.22. The second kappa shape index (κ2) is 6.28. The van der Waals surface area contributed by atoms with Gasteiger partial charge in [0.05, 0.1) is 17.6 Å². The van der Waals surface area contributed by atoms with E-state index in [2.05, 4.69) is 9.97 Å². The molecular formula is C17H18ClN3O. The van der Waals surface area contributed by atoms with E-state index in [1.165, 1.54) is 6.20 Å². The molecule has 0 spiro atoms. The lowest BCUT2D eigenvalue weighted by Gasteiger charge is -2.21. The number of hydrogen-bond donors (Lipinski definition) is 2. The van der Waals surface area contributed by atoms with E-state index in [1.54, 1.807) is 30.3 Å². The van der Waals surface area contributed by atoms with Crippen molar-refractivity contribution < 1.29 is 4.79 Å². The summed E-state index contributed by atoms with van der Waals surface area (Å²) in [4.78, 5) is 18.0. The summed E-state index contributed by atoms with van der Waals surface area (Å²) < 4.78 is 0. The molecule has 0 aliphatic carbocycles. The smallest absolute Gasteiger partial charge is 0.167 e. The molecule has 0 aliphatic heterocycles. The summed E-state index contributed by atoms with van der Waals surface area (Å²) >= 11 is 5.88. The van der Waals surface area contributed by atoms with Gasteiger partial charge in [0, 0.05) is 10.6 Å². The van der Waals surface area contributed by atoms with Gasteiger partial charge in [0.25, 0.3) is 0 Å². The zero-order valence-corrected chi connectivity index (χ0v) is 13.5. The van der Waals surface area contributed by atoms with Crippen LogP contribution in [0.1, 0.15) is 42.6 Å². The van der Waals surface area contributed by atoms with Crippen LogP contribution in [0.4, 0.5) is 0 Å². The monoisotopic (exact) mass is 315 g/mol. The minimum Gasteiger partial charge on any atom is -0.336 e. The average Bonchev–Trinajstić information content (AvgIpc) is 2.92. The highest BCUT2D eigenvalue weighted by molar-refractivity contribution is 6.30. The van der Waals surface area contributed by atoms with Gasteiger partial charge in [-0.15, -0.1) is 0 Å². The van der Waals surface area contributed by atoms with Crippen molar-refractivity contribution in [2.45, 2.75) is 20.8 Å². The Morgan fingerprint density at radius 3 is 2.41 bits per heavy atom. The van der Waals surface area contributed by atoms with E-state index < -0.39 is 0 Å². The van der Waals surface area contributed by atoms with Gasteiger partial charge in [-0.05, 0) is 29.2 Å². The Labute approximate surface area is 134 Å². The maximum absolute atomic E-state index is 10.8. The third kappa shape index (κ3) is 3.71. The van der Waals surface area contributed by atoms with Crippen molar-refractivity contribution >= 4 is 29.2 Å². The van der Waals surface area contributed by atoms with Gasteiger partial charge < -0.3 is 10.4 Å². The molecule has 0 bridgehead atoms. The van der Waals surface area contributed by atoms with E-state index >= 15 is 0 Å². The van der Waals surface area contributed by atoms with Crippen molar-refractivity contribution in [3.8, 4) is 0 Å². The second-order valence-electron chi connectivity index (χ2n) is 6.03. The lowest BCUT2D eigenvalue weighted by Crippen LogP contribution is -2.12. The average molecular weight is 316 g/mol. The highest BCUT2D eigenvalue weighted by Crippen LogP contribution is 2.32. The standard InChI is InChI=1S/C17H18ClN3O/c1-17(2,3)14(16-20-9-13(10-22)21-16)8-15(19)11-4-6-12(18)7-5-11/h4-10,19H,1-3H3,(H,20,21)/b14-8+,19-15?. The van der Waals surface area contributed by atoms with Crippen LogP contribution in [0.2, 0.25) is 5.02 Å². The van der Waals surface area contributed by atoms with Gasteiger partial charge in [0.15, 0.2) is 6.29 Å². The molecule has 1 heterocycles. The van der Waals surface area contributed by atoms with Crippen molar-refractivity contribution in [1.82, 2.24) is 9.97 Å². The molecule has 2 aromatic rings. The van der Waals surface area contributed by atoms with Crippen LogP contribution in [-0.4, -0.2) is 22.0 Å². The van der Waals surface area contributed by atoms with Crippen molar-refractivity contribution in [2.24, 2.45) is 5.41 Å². The molecule has 1 aromatic carbocycles. The molecule has 4 nitrogen and oxygen atoms in total. The number of H-pyrrole nitrogens is 1. The molecule has 0 radical (unpaired) electrons. The van der Waals surface area contributed by atoms with E-state index in [0.717, 1.165) is 17.4 Å². The normalized spacial score (nSPS) is 12.3. The highest BCUT2D eigenvalue weighted by atomic mass is 35.5. The van der Waals surface area contributed by atoms with Crippen LogP contribution in [0.25, 0.3) is 5.57 Å². The van der Waals surface area contributed by atoms with Crippen LogP contribution < -0.4 is 0 Å². The Kier molecular flexibility index (Phi) is 4.62. The Morgan fingerprint density at radius 1 is 1.27 bits per heavy atom. The summed E-state index contributed by atoms with van der Waals surface area (Å²) in [5.41, 5.74) is 2.19. The molecule has 0 atom stereocenters. The zero-order chi connectivity index (χ0) is 16.3. The van der Waals surface area contributed by atoms with Crippen LogP contribution in [-0.2, 0) is 0 Å². The van der Waals surface area contributed by atoms with E-state index in [9.17, 15) is 4.79 Å². The zero-order valence-electron chi connectivity index (χ0n) is 12.8. The molecule has 2 N–H and O–H groups in total. The third-order valence-corrected chi connectivity index (χ3v) is 3.48. The number of nitrogens with one attached hydrogen (secondary N) is 2. The first-order valence-corrected chi connectivity index (χ1v) is 7.26. The fraction of sp³-hybridized carbons (Fsp3) is 0.235. The SMILES string of the molecule is CC(C)(C)/C(=C/C(=N)c1ccc(Cl)cc1)c1ncc(C=O)[nH]1. The van der Waals surface area contributed by atoms with Crippen molar-refractivity contribution in [1.29, 1.82) is 5.41 Å². The second-order valence-corrected chi connectivity index (χ2v) is 6.47. The largest absolute Gasteiger partial charge is 0.336 e. The van der Waals surface area contributed by atoms with Crippen LogP contribution in [0.15, 0.2) is 36.5 Å². The van der Waals surface area contributed by atoms with Crippen LogP contribution in [0, 0.1) is 10.8 Å². The number of halogens is 1. The van der Waals surface area contributed by atoms with E-state index in [0.29, 0.717) is 22.3 Å². The summed E-state index contributed by atoms with van der Waals surface area (Å²) in [5.74, 6) is 0.605. The number of nitrogens with zero attached hydrogens (tertiary/aromatic N) is 1. The third-order valence-electron chi connectivity index (χ3n) is 3.23. The predicted octanol–water partition coefficient (Wildman–Crippen LogP) is 4.37. The number of allylic oxidation sites excluding steroid dienone is 2. The molecule has 0 saturated carbocycles. The number of aromatic nitrogens is 2. The number of rotatable bonds is 4. The molecule has 1 aromatic heterocycles. The molecule has 22 heavy (non-hydrogen) atoms. The maximum atomic E-state index is 10.8. The maximum Gasteiger partial charge on any atom is 0.167 e. The summed E-state index contributed by atoms with van der Waals surface area (Å²) in [7, 11) is 0. The number of aldehydes is 1. The molecular weight excluding hydrogens is 298 g/mol. The molecule has 0 amide bonds. The van der Waals surface area contributed by atoms with E-state index in [1.807, 2.05) is 20.8 Å². The Hall–Kier alpha value is -2.20.